The van der Waals surface area contributed by atoms with Crippen molar-refractivity contribution in [3.63, 3.8) is 0 Å². The minimum absolute atomic E-state index is 0.846. The number of para-hydroxylation sites is 2. The molecule has 0 fully saturated rings. The van der Waals surface area contributed by atoms with E-state index in [1.54, 1.807) is 6.33 Å². The van der Waals surface area contributed by atoms with E-state index in [0.717, 1.165) is 27.5 Å². The number of rotatable bonds is 0. The summed E-state index contributed by atoms with van der Waals surface area (Å²) in [5.74, 6) is 0. The van der Waals surface area contributed by atoms with Crippen LogP contribution in [-0.4, -0.2) is 15.0 Å². The molecule has 0 aliphatic heterocycles. The number of benzene rings is 3. The van der Waals surface area contributed by atoms with Gasteiger partial charge in [0.2, 0.25) is 0 Å². The molecule has 1 N–H and O–H groups in total. The summed E-state index contributed by atoms with van der Waals surface area (Å²) in [6, 6.07) is 20.1. The van der Waals surface area contributed by atoms with Crippen LogP contribution in [0.3, 0.4) is 0 Å². The van der Waals surface area contributed by atoms with Crippen LogP contribution in [0.4, 0.5) is 0 Å². The summed E-state index contributed by atoms with van der Waals surface area (Å²) in [6.45, 7) is 0. The number of hydrogen-bond acceptors (Lipinski definition) is 3. The zero-order chi connectivity index (χ0) is 14.8. The molecule has 22 heavy (non-hydrogen) atoms. The summed E-state index contributed by atoms with van der Waals surface area (Å²) < 4.78 is 5.21. The summed E-state index contributed by atoms with van der Waals surface area (Å²) in [4.78, 5) is 11.3. The van der Waals surface area contributed by atoms with Crippen molar-refractivity contribution in [3.05, 3.63) is 73.4 Å². The number of nitrogens with one attached hydrogen (secondary N) is 1. The van der Waals surface area contributed by atoms with Gasteiger partial charge in [0.15, 0.2) is 12.0 Å². The normalized spacial score (nSPS) is 10.7. The average molecular weight is 287 g/mol. The number of aromatic nitrogens is 3. The molecule has 0 amide bonds. The lowest BCUT2D eigenvalue weighted by Gasteiger charge is -1.95. The molecule has 4 nitrogen and oxygen atoms in total. The third-order valence-corrected chi connectivity index (χ3v) is 3.55. The molecule has 0 aliphatic rings. The molecule has 3 aromatic carbocycles. The van der Waals surface area contributed by atoms with Crippen molar-refractivity contribution in [1.29, 1.82) is 0 Å². The zero-order valence-electron chi connectivity index (χ0n) is 11.7. The van der Waals surface area contributed by atoms with Crippen LogP contribution in [0.25, 0.3) is 32.9 Å². The van der Waals surface area contributed by atoms with Crippen LogP contribution in [0, 0.1) is 0 Å². The number of H-pyrrole nitrogens is 1. The van der Waals surface area contributed by atoms with E-state index < -0.39 is 0 Å². The first kappa shape index (κ1) is 12.6. The van der Waals surface area contributed by atoms with Gasteiger partial charge in [-0.25, -0.2) is 9.97 Å². The molecule has 0 radical (unpaired) electrons. The predicted molar refractivity (Wildman–Crippen MR) is 87.6 cm³/mol. The Hall–Kier alpha value is -3.14. The van der Waals surface area contributed by atoms with E-state index >= 15 is 0 Å². The molecule has 0 aliphatic carbocycles. The van der Waals surface area contributed by atoms with E-state index in [-0.39, 0.29) is 0 Å². The summed E-state index contributed by atoms with van der Waals surface area (Å²) >= 11 is 0. The van der Waals surface area contributed by atoms with Crippen LogP contribution < -0.4 is 0 Å². The van der Waals surface area contributed by atoms with Gasteiger partial charge in [-0.1, -0.05) is 42.5 Å². The highest BCUT2D eigenvalue weighted by molar-refractivity contribution is 6.03. The van der Waals surface area contributed by atoms with Gasteiger partial charge in [0, 0.05) is 5.39 Å². The average Bonchev–Trinajstić information content (AvgIpc) is 3.24. The maximum atomic E-state index is 5.21. The largest absolute Gasteiger partial charge is 0.443 e. The first-order valence-electron chi connectivity index (χ1n) is 7.01. The molecule has 0 saturated carbocycles. The molecule has 5 aromatic rings. The molecule has 2 heterocycles. The second kappa shape index (κ2) is 5.33. The van der Waals surface area contributed by atoms with Gasteiger partial charge in [0.05, 0.1) is 17.4 Å². The summed E-state index contributed by atoms with van der Waals surface area (Å²) in [5, 5.41) is 2.35. The molecule has 0 saturated heterocycles. The fraction of sp³-hybridized carbons (Fsp3) is 0. The van der Waals surface area contributed by atoms with Crippen LogP contribution in [0.5, 0.6) is 0 Å². The minimum Gasteiger partial charge on any atom is -0.443 e. The van der Waals surface area contributed by atoms with Crippen molar-refractivity contribution in [1.82, 2.24) is 15.0 Å². The first-order chi connectivity index (χ1) is 10.9. The second-order valence-corrected chi connectivity index (χ2v) is 4.91. The quantitative estimate of drug-likeness (QED) is 0.455. The van der Waals surface area contributed by atoms with Crippen LogP contribution in [-0.2, 0) is 0 Å². The highest BCUT2D eigenvalue weighted by atomic mass is 16.3. The minimum atomic E-state index is 0.846. The first-order valence-corrected chi connectivity index (χ1v) is 7.01. The van der Waals surface area contributed by atoms with Crippen molar-refractivity contribution >= 4 is 32.9 Å². The molecule has 5 rings (SSSR count). The van der Waals surface area contributed by atoms with Crippen LogP contribution in [0.1, 0.15) is 0 Å². The molecule has 106 valence electrons. The maximum Gasteiger partial charge on any atom is 0.182 e. The zero-order valence-corrected chi connectivity index (χ0v) is 11.7. The van der Waals surface area contributed by atoms with Crippen LogP contribution in [0.15, 0.2) is 77.8 Å². The molecule has 0 atom stereocenters. The number of fused-ring (bicyclic) bond motifs is 4. The van der Waals surface area contributed by atoms with E-state index in [2.05, 4.69) is 27.1 Å². The smallest absolute Gasteiger partial charge is 0.182 e. The summed E-state index contributed by atoms with van der Waals surface area (Å²) in [5.41, 5.74) is 3.91. The van der Waals surface area contributed by atoms with Gasteiger partial charge < -0.3 is 9.40 Å². The van der Waals surface area contributed by atoms with Crippen molar-refractivity contribution in [3.8, 4) is 0 Å². The van der Waals surface area contributed by atoms with Crippen LogP contribution >= 0.6 is 0 Å². The lowest BCUT2D eigenvalue weighted by atomic mass is 10.1. The third kappa shape index (κ3) is 2.20. The fourth-order valence-electron chi connectivity index (χ4n) is 2.48. The molecule has 0 spiro atoms. The Morgan fingerprint density at radius 1 is 0.818 bits per heavy atom. The van der Waals surface area contributed by atoms with Crippen molar-refractivity contribution < 1.29 is 4.42 Å². The molecule has 0 unspecified atom stereocenters. The van der Waals surface area contributed by atoms with Gasteiger partial charge in [0.1, 0.15) is 5.52 Å². The topological polar surface area (TPSA) is 54.7 Å². The van der Waals surface area contributed by atoms with Gasteiger partial charge in [-0.15, -0.1) is 0 Å². The Morgan fingerprint density at radius 2 is 1.68 bits per heavy atom. The predicted octanol–water partition coefficient (Wildman–Crippen LogP) is 4.54. The number of hydrogen-bond donors (Lipinski definition) is 1. The molecule has 2 aromatic heterocycles. The maximum absolute atomic E-state index is 5.21. The number of nitrogens with zero attached hydrogens (tertiary/aromatic N) is 2. The van der Waals surface area contributed by atoms with Gasteiger partial charge in [0.25, 0.3) is 0 Å². The molecule has 0 bridgehead atoms. The van der Waals surface area contributed by atoms with E-state index in [1.807, 2.05) is 48.5 Å². The van der Waals surface area contributed by atoms with E-state index in [1.165, 1.54) is 11.8 Å². The Kier molecular flexibility index (Phi) is 3.05. The number of imidazole rings is 1. The van der Waals surface area contributed by atoms with Crippen LogP contribution in [0.2, 0.25) is 0 Å². The molecular weight excluding hydrogens is 274 g/mol. The van der Waals surface area contributed by atoms with Crippen molar-refractivity contribution in [2.45, 2.75) is 0 Å². The summed E-state index contributed by atoms with van der Waals surface area (Å²) in [7, 11) is 0. The lowest BCUT2D eigenvalue weighted by Crippen LogP contribution is -1.73. The highest BCUT2D eigenvalue weighted by Gasteiger charge is 2.02. The monoisotopic (exact) mass is 287 g/mol. The summed E-state index contributed by atoms with van der Waals surface area (Å²) in [6.07, 6.45) is 3.18. The Labute approximate surface area is 126 Å². The lowest BCUT2D eigenvalue weighted by molar-refractivity contribution is 0.602. The third-order valence-electron chi connectivity index (χ3n) is 3.55. The Bertz CT molecular complexity index is 1020. The number of oxazole rings is 1. The van der Waals surface area contributed by atoms with Gasteiger partial charge in [-0.2, -0.15) is 0 Å². The fourth-order valence-corrected chi connectivity index (χ4v) is 2.48. The van der Waals surface area contributed by atoms with E-state index in [9.17, 15) is 0 Å². The van der Waals surface area contributed by atoms with Gasteiger partial charge in [-0.3, -0.25) is 0 Å². The highest BCUT2D eigenvalue weighted by Crippen LogP contribution is 2.23. The molecule has 4 heteroatoms. The van der Waals surface area contributed by atoms with E-state index in [4.69, 9.17) is 4.42 Å². The Balaban J connectivity index is 0.000000122. The van der Waals surface area contributed by atoms with Gasteiger partial charge in [-0.05, 0) is 23.6 Å². The van der Waals surface area contributed by atoms with Gasteiger partial charge >= 0.3 is 0 Å². The molecular formula is C18H13N3O. The Morgan fingerprint density at radius 3 is 2.64 bits per heavy atom. The standard InChI is InChI=1S/C11H7NO.C7H6N2/c1-2-4-9-8(3-1)5-6-10-11(9)12-7-13-10;1-2-4-7-6(3-1)8-5-9-7/h1-7H;1-5H,(H,8,9). The number of aromatic amines is 1. The second-order valence-electron chi connectivity index (χ2n) is 4.91. The van der Waals surface area contributed by atoms with Crippen molar-refractivity contribution in [2.75, 3.05) is 0 Å². The SMILES string of the molecule is c1ccc2[nH]cnc2c1.c1ccc2c(c1)ccc1ocnc12. The van der Waals surface area contributed by atoms with E-state index in [0.29, 0.717) is 0 Å². The van der Waals surface area contributed by atoms with Crippen molar-refractivity contribution in [2.24, 2.45) is 0 Å².